The number of hydrogen-bond donors (Lipinski definition) is 1. The van der Waals surface area contributed by atoms with Crippen LogP contribution in [0.25, 0.3) is 0 Å². The van der Waals surface area contributed by atoms with Gasteiger partial charge in [-0.2, -0.15) is 13.2 Å². The Morgan fingerprint density at radius 1 is 1.48 bits per heavy atom. The molecule has 0 radical (unpaired) electrons. The Morgan fingerprint density at radius 3 is 2.76 bits per heavy atom. The first-order chi connectivity index (χ1) is 9.87. The first-order valence-electron chi connectivity index (χ1n) is 6.80. The number of amides is 1. The topological polar surface area (TPSA) is 45.2 Å². The molecule has 0 aromatic carbocycles. The number of nitrogens with one attached hydrogen (secondary N) is 1. The van der Waals surface area contributed by atoms with Gasteiger partial charge in [-0.05, 0) is 25.1 Å². The second-order valence-corrected chi connectivity index (χ2v) is 5.30. The summed E-state index contributed by atoms with van der Waals surface area (Å²) in [5.74, 6) is -0.865. The number of hydrogen-bond acceptors (Lipinski definition) is 3. The van der Waals surface area contributed by atoms with Crippen LogP contribution in [0.3, 0.4) is 0 Å². The maximum absolute atomic E-state index is 13.3. The van der Waals surface area contributed by atoms with E-state index < -0.39 is 17.5 Å². The molecule has 116 valence electrons. The van der Waals surface area contributed by atoms with Crippen molar-refractivity contribution in [3.63, 3.8) is 0 Å². The van der Waals surface area contributed by atoms with Gasteiger partial charge < -0.3 is 10.2 Å². The molecule has 0 aliphatic carbocycles. The number of carbonyl (C=O) groups excluding carboxylic acids is 1. The van der Waals surface area contributed by atoms with E-state index in [-0.39, 0.29) is 26.1 Å². The molecule has 1 saturated heterocycles. The van der Waals surface area contributed by atoms with E-state index in [9.17, 15) is 18.0 Å². The molecule has 1 fully saturated rings. The van der Waals surface area contributed by atoms with Gasteiger partial charge in [-0.15, -0.1) is 0 Å². The summed E-state index contributed by atoms with van der Waals surface area (Å²) in [4.78, 5) is 17.5. The Balaban J connectivity index is 2.04. The number of carbonyl (C=O) groups is 1. The largest absolute Gasteiger partial charge is 0.404 e. The lowest BCUT2D eigenvalue weighted by Gasteiger charge is -2.33. The lowest BCUT2D eigenvalue weighted by atomic mass is 9.84. The summed E-state index contributed by atoms with van der Waals surface area (Å²) < 4.78 is 39.9. The fourth-order valence-corrected chi connectivity index (χ4v) is 2.53. The molecule has 1 aliphatic heterocycles. The minimum Gasteiger partial charge on any atom is -0.345 e. The molecule has 1 atom stereocenters. The van der Waals surface area contributed by atoms with E-state index in [1.54, 1.807) is 18.3 Å². The fraction of sp³-hybridized carbons (Fsp3) is 0.571. The third kappa shape index (κ3) is 3.18. The highest BCUT2D eigenvalue weighted by molar-refractivity contribution is 5.84. The van der Waals surface area contributed by atoms with Gasteiger partial charge in [0, 0.05) is 38.4 Å². The van der Waals surface area contributed by atoms with Crippen molar-refractivity contribution < 1.29 is 18.0 Å². The highest BCUT2D eigenvalue weighted by Gasteiger charge is 2.62. The molecule has 2 rings (SSSR count). The monoisotopic (exact) mass is 301 g/mol. The van der Waals surface area contributed by atoms with Crippen LogP contribution in [0.4, 0.5) is 13.2 Å². The van der Waals surface area contributed by atoms with Crippen molar-refractivity contribution >= 4 is 5.91 Å². The third-order valence-corrected chi connectivity index (χ3v) is 3.88. The highest BCUT2D eigenvalue weighted by atomic mass is 19.4. The van der Waals surface area contributed by atoms with Crippen molar-refractivity contribution in [3.05, 3.63) is 30.1 Å². The second-order valence-electron chi connectivity index (χ2n) is 5.30. The van der Waals surface area contributed by atoms with Crippen LogP contribution in [-0.4, -0.2) is 48.6 Å². The molecule has 21 heavy (non-hydrogen) atoms. The van der Waals surface area contributed by atoms with Crippen molar-refractivity contribution in [1.82, 2.24) is 15.2 Å². The summed E-state index contributed by atoms with van der Waals surface area (Å²) >= 11 is 0. The molecule has 1 unspecified atom stereocenters. The highest BCUT2D eigenvalue weighted by Crippen LogP contribution is 2.44. The molecule has 4 nitrogen and oxygen atoms in total. The van der Waals surface area contributed by atoms with Crippen LogP contribution in [0.15, 0.2) is 24.4 Å². The molecular formula is C14H18F3N3O. The molecule has 0 spiro atoms. The Kier molecular flexibility index (Phi) is 4.51. The van der Waals surface area contributed by atoms with Gasteiger partial charge in [0.2, 0.25) is 5.91 Å². The average Bonchev–Trinajstić information content (AvgIpc) is 2.95. The summed E-state index contributed by atoms with van der Waals surface area (Å²) in [5.41, 5.74) is -1.53. The number of alkyl halides is 3. The normalized spacial score (nSPS) is 22.3. The molecular weight excluding hydrogens is 283 g/mol. The van der Waals surface area contributed by atoms with Gasteiger partial charge in [0.25, 0.3) is 0 Å². The second kappa shape index (κ2) is 6.01. The molecule has 2 heterocycles. The first kappa shape index (κ1) is 15.8. The minimum absolute atomic E-state index is 0.205. The Morgan fingerprint density at radius 2 is 2.24 bits per heavy atom. The van der Waals surface area contributed by atoms with E-state index >= 15 is 0 Å². The van der Waals surface area contributed by atoms with Crippen molar-refractivity contribution in [1.29, 1.82) is 0 Å². The molecule has 1 N–H and O–H groups in total. The zero-order valence-corrected chi connectivity index (χ0v) is 11.8. The number of rotatable bonds is 4. The van der Waals surface area contributed by atoms with E-state index in [1.807, 2.05) is 6.07 Å². The summed E-state index contributed by atoms with van der Waals surface area (Å²) in [6, 6.07) is 5.36. The Labute approximate surface area is 121 Å². The number of nitrogens with zero attached hydrogens (tertiary/aromatic N) is 2. The lowest BCUT2D eigenvalue weighted by Crippen LogP contribution is -2.53. The van der Waals surface area contributed by atoms with Crippen molar-refractivity contribution in [2.75, 3.05) is 26.7 Å². The fourth-order valence-electron chi connectivity index (χ4n) is 2.53. The molecule has 1 aliphatic rings. The molecule has 0 bridgehead atoms. The predicted octanol–water partition coefficient (Wildman–Crippen LogP) is 1.62. The average molecular weight is 301 g/mol. The summed E-state index contributed by atoms with van der Waals surface area (Å²) in [6.45, 7) is 0.0796. The van der Waals surface area contributed by atoms with E-state index in [2.05, 4.69) is 10.3 Å². The van der Waals surface area contributed by atoms with Crippen molar-refractivity contribution in [2.45, 2.75) is 19.0 Å². The number of likely N-dealkylation sites (N-methyl/N-ethyl adjacent to an activating group) is 1. The van der Waals surface area contributed by atoms with Gasteiger partial charge in [0.1, 0.15) is 0 Å². The van der Waals surface area contributed by atoms with E-state index in [0.717, 1.165) is 10.6 Å². The SMILES string of the molecule is CN(CCc1ccccn1)C(=O)C1(C(F)(F)F)CCNC1. The van der Waals surface area contributed by atoms with Crippen LogP contribution in [0, 0.1) is 5.41 Å². The van der Waals surface area contributed by atoms with Crippen LogP contribution in [0.2, 0.25) is 0 Å². The number of halogens is 3. The number of pyridine rings is 1. The van der Waals surface area contributed by atoms with Gasteiger partial charge in [-0.1, -0.05) is 6.07 Å². The third-order valence-electron chi connectivity index (χ3n) is 3.88. The predicted molar refractivity (Wildman–Crippen MR) is 71.6 cm³/mol. The maximum atomic E-state index is 13.3. The zero-order valence-electron chi connectivity index (χ0n) is 11.8. The van der Waals surface area contributed by atoms with Gasteiger partial charge >= 0.3 is 6.18 Å². The standard InChI is InChI=1S/C14H18F3N3O/c1-20(9-5-11-4-2-3-7-19-11)12(21)13(14(15,16)17)6-8-18-10-13/h2-4,7,18H,5-6,8-10H2,1H3. The smallest absolute Gasteiger partial charge is 0.345 e. The lowest BCUT2D eigenvalue weighted by molar-refractivity contribution is -0.221. The van der Waals surface area contributed by atoms with Gasteiger partial charge in [-0.25, -0.2) is 0 Å². The van der Waals surface area contributed by atoms with E-state index in [4.69, 9.17) is 0 Å². The number of aromatic nitrogens is 1. The van der Waals surface area contributed by atoms with Crippen molar-refractivity contribution in [2.24, 2.45) is 5.41 Å². The van der Waals surface area contributed by atoms with Crippen LogP contribution >= 0.6 is 0 Å². The zero-order chi connectivity index (χ0) is 15.5. The van der Waals surface area contributed by atoms with E-state index in [1.165, 1.54) is 7.05 Å². The Hall–Kier alpha value is -1.63. The van der Waals surface area contributed by atoms with Crippen LogP contribution in [-0.2, 0) is 11.2 Å². The summed E-state index contributed by atoms with van der Waals surface area (Å²) in [5, 5.41) is 2.65. The minimum atomic E-state index is -4.53. The van der Waals surface area contributed by atoms with Crippen LogP contribution < -0.4 is 5.32 Å². The molecule has 1 aromatic rings. The first-order valence-corrected chi connectivity index (χ1v) is 6.80. The van der Waals surface area contributed by atoms with Crippen LogP contribution in [0.1, 0.15) is 12.1 Å². The summed E-state index contributed by atoms with van der Waals surface area (Å²) in [6.07, 6.45) is -2.68. The summed E-state index contributed by atoms with van der Waals surface area (Å²) in [7, 11) is 1.41. The van der Waals surface area contributed by atoms with Gasteiger partial charge in [0.15, 0.2) is 5.41 Å². The van der Waals surface area contributed by atoms with E-state index in [0.29, 0.717) is 6.42 Å². The molecule has 1 amide bonds. The molecule has 7 heteroatoms. The van der Waals surface area contributed by atoms with Gasteiger partial charge in [0.05, 0.1) is 0 Å². The molecule has 0 saturated carbocycles. The van der Waals surface area contributed by atoms with Crippen molar-refractivity contribution in [3.8, 4) is 0 Å². The Bertz CT molecular complexity index is 484. The molecule has 1 aromatic heterocycles. The van der Waals surface area contributed by atoms with Crippen LogP contribution in [0.5, 0.6) is 0 Å². The van der Waals surface area contributed by atoms with Gasteiger partial charge in [-0.3, -0.25) is 9.78 Å². The maximum Gasteiger partial charge on any atom is 0.404 e. The quantitative estimate of drug-likeness (QED) is 0.919.